The average Bonchev–Trinajstić information content (AvgIpc) is 3.41. The second-order valence-electron chi connectivity index (χ2n) is 11.7. The molecule has 0 fully saturated rings. The van der Waals surface area contributed by atoms with Gasteiger partial charge in [-0.2, -0.15) is 0 Å². The predicted octanol–water partition coefficient (Wildman–Crippen LogP) is 9.69. The van der Waals surface area contributed by atoms with Gasteiger partial charge in [0.15, 0.2) is 0 Å². The van der Waals surface area contributed by atoms with Crippen LogP contribution >= 0.6 is 0 Å². The van der Waals surface area contributed by atoms with E-state index in [1.807, 2.05) is 0 Å². The molecule has 0 heteroatoms. The highest BCUT2D eigenvalue weighted by molar-refractivity contribution is 5.80. The monoisotopic (exact) mass is 460 g/mol. The van der Waals surface area contributed by atoms with Crippen molar-refractivity contribution in [3.63, 3.8) is 0 Å². The smallest absolute Gasteiger partial charge is 0.0176 e. The minimum Gasteiger partial charge on any atom is -0.0657 e. The van der Waals surface area contributed by atoms with Crippen LogP contribution in [0, 0.1) is 11.3 Å². The molecule has 2 aliphatic carbocycles. The number of aryl methyl sites for hydroxylation is 1. The molecule has 0 saturated carbocycles. The first-order chi connectivity index (χ1) is 16.9. The van der Waals surface area contributed by atoms with Crippen molar-refractivity contribution in [1.29, 1.82) is 0 Å². The molecule has 3 aromatic carbocycles. The third-order valence-electron chi connectivity index (χ3n) is 8.23. The zero-order chi connectivity index (χ0) is 24.6. The van der Waals surface area contributed by atoms with Crippen LogP contribution in [0.1, 0.15) is 82.1 Å². The molecule has 0 aliphatic heterocycles. The van der Waals surface area contributed by atoms with Gasteiger partial charge in [0.1, 0.15) is 0 Å². The summed E-state index contributed by atoms with van der Waals surface area (Å²) in [5.41, 5.74) is 13.9. The van der Waals surface area contributed by atoms with Gasteiger partial charge in [0, 0.05) is 5.92 Å². The lowest BCUT2D eigenvalue weighted by molar-refractivity contribution is 0.494. The van der Waals surface area contributed by atoms with E-state index < -0.39 is 0 Å². The van der Waals surface area contributed by atoms with Gasteiger partial charge in [0.25, 0.3) is 0 Å². The predicted molar refractivity (Wildman–Crippen MR) is 151 cm³/mol. The number of rotatable bonds is 7. The quantitative estimate of drug-likeness (QED) is 0.329. The summed E-state index contributed by atoms with van der Waals surface area (Å²) in [6, 6.07) is 27.4. The van der Waals surface area contributed by atoms with E-state index >= 15 is 0 Å². The van der Waals surface area contributed by atoms with Gasteiger partial charge >= 0.3 is 0 Å². The van der Waals surface area contributed by atoms with Crippen molar-refractivity contribution >= 4 is 0 Å². The molecule has 0 spiro atoms. The molecule has 0 nitrogen and oxygen atoms in total. The van der Waals surface area contributed by atoms with Crippen LogP contribution in [0.15, 0.2) is 95.6 Å². The Hall–Kier alpha value is -2.86. The number of hydrogen-bond acceptors (Lipinski definition) is 0. The molecule has 0 radical (unpaired) electrons. The Balaban J connectivity index is 1.70. The average molecular weight is 461 g/mol. The lowest BCUT2D eigenvalue weighted by atomic mass is 9.74. The van der Waals surface area contributed by atoms with E-state index in [1.165, 1.54) is 41.5 Å². The second kappa shape index (κ2) is 9.65. The van der Waals surface area contributed by atoms with Gasteiger partial charge in [-0.1, -0.05) is 124 Å². The van der Waals surface area contributed by atoms with E-state index in [-0.39, 0.29) is 5.41 Å². The Morgan fingerprint density at radius 1 is 0.857 bits per heavy atom. The van der Waals surface area contributed by atoms with Crippen molar-refractivity contribution in [3.8, 4) is 11.1 Å². The molecule has 0 bridgehead atoms. The van der Waals surface area contributed by atoms with Gasteiger partial charge in [-0.3, -0.25) is 0 Å². The summed E-state index contributed by atoms with van der Waals surface area (Å²) in [6.07, 6.45) is 8.42. The zero-order valence-electron chi connectivity index (χ0n) is 22.2. The number of benzene rings is 3. The van der Waals surface area contributed by atoms with Crippen molar-refractivity contribution in [3.05, 3.63) is 118 Å². The third kappa shape index (κ3) is 4.56. The van der Waals surface area contributed by atoms with Crippen LogP contribution in [-0.2, 0) is 12.8 Å². The molecule has 0 saturated heterocycles. The van der Waals surface area contributed by atoms with Crippen molar-refractivity contribution < 1.29 is 0 Å². The maximum atomic E-state index is 2.58. The molecule has 2 atom stereocenters. The largest absolute Gasteiger partial charge is 0.0657 e. The summed E-state index contributed by atoms with van der Waals surface area (Å²) >= 11 is 0. The van der Waals surface area contributed by atoms with E-state index in [0.29, 0.717) is 11.8 Å². The highest BCUT2D eigenvalue weighted by Gasteiger charge is 2.39. The van der Waals surface area contributed by atoms with E-state index in [9.17, 15) is 0 Å². The summed E-state index contributed by atoms with van der Waals surface area (Å²) < 4.78 is 0. The Kier molecular flexibility index (Phi) is 6.58. The van der Waals surface area contributed by atoms with E-state index in [2.05, 4.69) is 113 Å². The summed E-state index contributed by atoms with van der Waals surface area (Å²) in [4.78, 5) is 0. The molecule has 180 valence electrons. The first-order valence-corrected chi connectivity index (χ1v) is 13.5. The van der Waals surface area contributed by atoms with Gasteiger partial charge in [-0.05, 0) is 82.9 Å². The van der Waals surface area contributed by atoms with Crippen molar-refractivity contribution in [2.75, 3.05) is 0 Å². The minimum absolute atomic E-state index is 0.206. The molecule has 0 heterocycles. The molecule has 0 aromatic heterocycles. The van der Waals surface area contributed by atoms with Crippen molar-refractivity contribution in [2.24, 2.45) is 11.3 Å². The first kappa shape index (κ1) is 23.9. The second-order valence-corrected chi connectivity index (χ2v) is 11.7. The van der Waals surface area contributed by atoms with Gasteiger partial charge in [-0.15, -0.1) is 0 Å². The SMILES string of the molecule is CCCCc1cccc2c1C(C(Cc1ccccc1)C1=C(C)CC(C(C)(C)C)=C1)c1ccccc1-2. The lowest BCUT2D eigenvalue weighted by Gasteiger charge is -2.29. The van der Waals surface area contributed by atoms with Gasteiger partial charge < -0.3 is 0 Å². The third-order valence-corrected chi connectivity index (χ3v) is 8.23. The van der Waals surface area contributed by atoms with Crippen molar-refractivity contribution in [1.82, 2.24) is 0 Å². The Labute approximate surface area is 212 Å². The van der Waals surface area contributed by atoms with E-state index in [1.54, 1.807) is 27.8 Å². The number of unbranched alkanes of at least 4 members (excludes halogenated alkanes) is 1. The first-order valence-electron chi connectivity index (χ1n) is 13.5. The summed E-state index contributed by atoms with van der Waals surface area (Å²) in [5, 5.41) is 0. The van der Waals surface area contributed by atoms with Crippen LogP contribution in [0.4, 0.5) is 0 Å². The molecule has 2 unspecified atom stereocenters. The van der Waals surface area contributed by atoms with E-state index in [4.69, 9.17) is 0 Å². The Morgan fingerprint density at radius 3 is 2.29 bits per heavy atom. The van der Waals surface area contributed by atoms with Gasteiger partial charge in [-0.25, -0.2) is 0 Å². The van der Waals surface area contributed by atoms with Crippen LogP contribution in [-0.4, -0.2) is 0 Å². The van der Waals surface area contributed by atoms with Crippen LogP contribution in [0.5, 0.6) is 0 Å². The number of hydrogen-bond donors (Lipinski definition) is 0. The molecule has 5 rings (SSSR count). The maximum Gasteiger partial charge on any atom is 0.0176 e. The van der Waals surface area contributed by atoms with Crippen molar-refractivity contribution in [2.45, 2.75) is 72.6 Å². The molecular formula is C35H40. The molecule has 0 amide bonds. The summed E-state index contributed by atoms with van der Waals surface area (Å²) in [7, 11) is 0. The summed E-state index contributed by atoms with van der Waals surface area (Å²) in [6.45, 7) is 11.8. The van der Waals surface area contributed by atoms with Crippen LogP contribution < -0.4 is 0 Å². The summed E-state index contributed by atoms with van der Waals surface area (Å²) in [5.74, 6) is 0.831. The standard InChI is InChI=1S/C35H40/c1-6-7-16-26-17-13-20-29-28-18-11-12-19-30(28)34(33(26)29)32(22-25-14-9-8-10-15-25)31-23-27(21-24(31)2)35(3,4)5/h8-15,17-20,23,32,34H,6-7,16,21-22H2,1-5H3. The van der Waals surface area contributed by atoms with Crippen LogP contribution in [0.2, 0.25) is 0 Å². The maximum absolute atomic E-state index is 2.58. The normalized spacial score (nSPS) is 17.9. The topological polar surface area (TPSA) is 0 Å². The van der Waals surface area contributed by atoms with Gasteiger partial charge in [0.2, 0.25) is 0 Å². The fraction of sp³-hybridized carbons (Fsp3) is 0.371. The molecule has 2 aliphatic rings. The van der Waals surface area contributed by atoms with Crippen LogP contribution in [0.3, 0.4) is 0 Å². The zero-order valence-corrected chi connectivity index (χ0v) is 22.2. The van der Waals surface area contributed by atoms with Crippen LogP contribution in [0.25, 0.3) is 11.1 Å². The van der Waals surface area contributed by atoms with E-state index in [0.717, 1.165) is 12.8 Å². The fourth-order valence-corrected chi connectivity index (χ4v) is 6.32. The number of allylic oxidation sites excluding steroid dienone is 4. The number of fused-ring (bicyclic) bond motifs is 3. The minimum atomic E-state index is 0.206. The highest BCUT2D eigenvalue weighted by atomic mass is 14.4. The highest BCUT2D eigenvalue weighted by Crippen LogP contribution is 2.54. The Morgan fingerprint density at radius 2 is 1.57 bits per heavy atom. The van der Waals surface area contributed by atoms with Gasteiger partial charge in [0.05, 0.1) is 0 Å². The molecule has 35 heavy (non-hydrogen) atoms. The molecular weight excluding hydrogens is 420 g/mol. The lowest BCUT2D eigenvalue weighted by Crippen LogP contribution is -2.19. The fourth-order valence-electron chi connectivity index (χ4n) is 6.32. The molecule has 3 aromatic rings. The Bertz CT molecular complexity index is 1260. The molecule has 0 N–H and O–H groups in total.